The Labute approximate surface area is 112 Å². The van der Waals surface area contributed by atoms with Gasteiger partial charge in [-0.1, -0.05) is 11.2 Å². The second kappa shape index (κ2) is 6.51. The second-order valence-electron chi connectivity index (χ2n) is 4.06. The molecule has 0 saturated heterocycles. The molecule has 6 nitrogen and oxygen atoms in total. The number of ether oxygens (including phenoxy) is 2. The molecule has 1 atom stereocenters. The molecule has 0 aliphatic rings. The minimum atomic E-state index is -3.29. The maximum atomic E-state index is 11.3. The van der Waals surface area contributed by atoms with E-state index < -0.39 is 15.9 Å². The zero-order valence-electron chi connectivity index (χ0n) is 11.1. The zero-order valence-corrected chi connectivity index (χ0v) is 11.9. The summed E-state index contributed by atoms with van der Waals surface area (Å²) in [5.74, 6) is 0.660. The average Bonchev–Trinajstić information content (AvgIpc) is 2.35. The molecule has 0 N–H and O–H groups in total. The van der Waals surface area contributed by atoms with E-state index in [-0.39, 0.29) is 5.75 Å². The van der Waals surface area contributed by atoms with E-state index in [4.69, 9.17) is 9.47 Å². The van der Waals surface area contributed by atoms with Crippen molar-refractivity contribution in [2.75, 3.05) is 25.7 Å². The maximum absolute atomic E-state index is 11.3. The Bertz CT molecular complexity index is 541. The van der Waals surface area contributed by atoms with Gasteiger partial charge in [0, 0.05) is 6.26 Å². The second-order valence-corrected chi connectivity index (χ2v) is 6.24. The van der Waals surface area contributed by atoms with Crippen molar-refractivity contribution >= 4 is 9.84 Å². The van der Waals surface area contributed by atoms with E-state index in [0.717, 1.165) is 6.26 Å². The number of hydrogen-bond donors (Lipinski definition) is 0. The summed E-state index contributed by atoms with van der Waals surface area (Å²) in [7, 11) is -1.79. The molecule has 1 rings (SSSR count). The van der Waals surface area contributed by atoms with Gasteiger partial charge in [-0.2, -0.15) is 4.91 Å². The highest BCUT2D eigenvalue weighted by Crippen LogP contribution is 2.31. The van der Waals surface area contributed by atoms with Crippen molar-refractivity contribution in [1.82, 2.24) is 0 Å². The van der Waals surface area contributed by atoms with Crippen molar-refractivity contribution in [2.24, 2.45) is 5.18 Å². The first-order valence-corrected chi connectivity index (χ1v) is 7.78. The predicted molar refractivity (Wildman–Crippen MR) is 72.4 cm³/mol. The lowest BCUT2D eigenvalue weighted by molar-refractivity contribution is 0.310. The number of nitrogens with zero attached hydrogens (tertiary/aromatic N) is 1. The topological polar surface area (TPSA) is 82.0 Å². The fourth-order valence-electron chi connectivity index (χ4n) is 1.64. The van der Waals surface area contributed by atoms with Crippen LogP contribution in [0.25, 0.3) is 0 Å². The maximum Gasteiger partial charge on any atom is 0.161 e. The number of methoxy groups -OCH3 is 1. The van der Waals surface area contributed by atoms with E-state index in [0.29, 0.717) is 23.7 Å². The van der Waals surface area contributed by atoms with Crippen LogP contribution in [0.4, 0.5) is 0 Å². The summed E-state index contributed by atoms with van der Waals surface area (Å²) in [5.41, 5.74) is 0.490. The summed E-state index contributed by atoms with van der Waals surface area (Å²) in [6, 6.07) is 3.87. The van der Waals surface area contributed by atoms with E-state index in [9.17, 15) is 13.3 Å². The summed E-state index contributed by atoms with van der Waals surface area (Å²) < 4.78 is 33.0. The Hall–Kier alpha value is -1.63. The fraction of sp³-hybridized carbons (Fsp3) is 0.500. The molecule has 1 aromatic rings. The molecule has 19 heavy (non-hydrogen) atoms. The fourth-order valence-corrected chi connectivity index (χ4v) is 2.47. The van der Waals surface area contributed by atoms with Crippen LogP contribution < -0.4 is 9.47 Å². The van der Waals surface area contributed by atoms with Gasteiger partial charge in [0.15, 0.2) is 11.5 Å². The lowest BCUT2D eigenvalue weighted by Gasteiger charge is -2.13. The highest BCUT2D eigenvalue weighted by molar-refractivity contribution is 7.90. The molecule has 0 heterocycles. The average molecular weight is 287 g/mol. The van der Waals surface area contributed by atoms with Gasteiger partial charge < -0.3 is 9.47 Å². The zero-order chi connectivity index (χ0) is 14.5. The summed E-state index contributed by atoms with van der Waals surface area (Å²) in [6.45, 7) is 2.25. The number of sulfone groups is 1. The third-order valence-corrected chi connectivity index (χ3v) is 3.38. The quantitative estimate of drug-likeness (QED) is 0.716. The lowest BCUT2D eigenvalue weighted by atomic mass is 10.1. The van der Waals surface area contributed by atoms with Gasteiger partial charge in [-0.05, 0) is 24.6 Å². The van der Waals surface area contributed by atoms with Crippen LogP contribution >= 0.6 is 0 Å². The van der Waals surface area contributed by atoms with Crippen LogP contribution in [-0.4, -0.2) is 34.1 Å². The van der Waals surface area contributed by atoms with Crippen molar-refractivity contribution in [3.8, 4) is 11.5 Å². The van der Waals surface area contributed by atoms with E-state index in [2.05, 4.69) is 5.18 Å². The van der Waals surface area contributed by atoms with Crippen molar-refractivity contribution < 1.29 is 17.9 Å². The van der Waals surface area contributed by atoms with Crippen molar-refractivity contribution in [2.45, 2.75) is 13.0 Å². The molecular formula is C12H17NO5S. The monoisotopic (exact) mass is 287 g/mol. The van der Waals surface area contributed by atoms with Gasteiger partial charge in [0.25, 0.3) is 0 Å². The minimum absolute atomic E-state index is 0.325. The predicted octanol–water partition coefficient (Wildman–Crippen LogP) is 1.95. The molecule has 0 radical (unpaired) electrons. The van der Waals surface area contributed by atoms with Crippen molar-refractivity contribution in [3.63, 3.8) is 0 Å². The van der Waals surface area contributed by atoms with E-state index in [1.807, 2.05) is 6.92 Å². The Morgan fingerprint density at radius 3 is 2.47 bits per heavy atom. The summed E-state index contributed by atoms with van der Waals surface area (Å²) in [5, 5.41) is 2.87. The van der Waals surface area contributed by atoms with Crippen LogP contribution in [0.5, 0.6) is 11.5 Å². The lowest BCUT2D eigenvalue weighted by Crippen LogP contribution is -2.11. The Balaban J connectivity index is 3.11. The van der Waals surface area contributed by atoms with Gasteiger partial charge in [-0.3, -0.25) is 0 Å². The third kappa shape index (κ3) is 4.51. The van der Waals surface area contributed by atoms with Gasteiger partial charge in [-0.15, -0.1) is 0 Å². The standard InChI is InChI=1S/C12H17NO5S/c1-4-18-12-7-9(5-6-11(12)17-2)10(13-14)8-19(3,15)16/h5-7,10H,4,8H2,1-3H3. The third-order valence-electron chi connectivity index (χ3n) is 2.46. The summed E-state index contributed by atoms with van der Waals surface area (Å²) in [4.78, 5) is 10.8. The molecule has 0 amide bonds. The molecular weight excluding hydrogens is 270 g/mol. The van der Waals surface area contributed by atoms with Crippen LogP contribution in [-0.2, 0) is 9.84 Å². The molecule has 0 bridgehead atoms. The number of nitroso groups, excluding NO2 is 1. The van der Waals surface area contributed by atoms with E-state index in [1.165, 1.54) is 7.11 Å². The first-order chi connectivity index (χ1) is 8.91. The molecule has 0 aliphatic heterocycles. The molecule has 0 saturated carbocycles. The van der Waals surface area contributed by atoms with E-state index >= 15 is 0 Å². The molecule has 1 aromatic carbocycles. The van der Waals surface area contributed by atoms with Gasteiger partial charge in [0.2, 0.25) is 0 Å². The van der Waals surface area contributed by atoms with Crippen molar-refractivity contribution in [1.29, 1.82) is 0 Å². The van der Waals surface area contributed by atoms with Gasteiger partial charge >= 0.3 is 0 Å². The molecule has 0 aliphatic carbocycles. The van der Waals surface area contributed by atoms with Gasteiger partial charge in [-0.25, -0.2) is 8.42 Å². The molecule has 1 unspecified atom stereocenters. The minimum Gasteiger partial charge on any atom is -0.493 e. The Morgan fingerprint density at radius 2 is 2.00 bits per heavy atom. The molecule has 0 fully saturated rings. The Kier molecular flexibility index (Phi) is 5.29. The smallest absolute Gasteiger partial charge is 0.161 e. The number of benzene rings is 1. The highest BCUT2D eigenvalue weighted by Gasteiger charge is 2.20. The van der Waals surface area contributed by atoms with Crippen LogP contribution in [0.1, 0.15) is 18.5 Å². The van der Waals surface area contributed by atoms with Crippen LogP contribution in [0, 0.1) is 4.91 Å². The summed E-state index contributed by atoms with van der Waals surface area (Å²) >= 11 is 0. The first-order valence-electron chi connectivity index (χ1n) is 5.72. The number of hydrogen-bond acceptors (Lipinski definition) is 6. The van der Waals surface area contributed by atoms with E-state index in [1.54, 1.807) is 18.2 Å². The van der Waals surface area contributed by atoms with Gasteiger partial charge in [0.05, 0.1) is 19.5 Å². The van der Waals surface area contributed by atoms with Crippen LogP contribution in [0.15, 0.2) is 23.4 Å². The molecule has 106 valence electrons. The number of rotatable bonds is 7. The normalized spacial score (nSPS) is 12.8. The van der Waals surface area contributed by atoms with Gasteiger partial charge in [0.1, 0.15) is 15.9 Å². The van der Waals surface area contributed by atoms with Crippen LogP contribution in [0.3, 0.4) is 0 Å². The molecule has 7 heteroatoms. The SMILES string of the molecule is CCOc1cc(C(CS(C)(=O)=O)N=O)ccc1OC. The largest absolute Gasteiger partial charge is 0.493 e. The summed E-state index contributed by atoms with van der Waals surface area (Å²) in [6.07, 6.45) is 1.07. The van der Waals surface area contributed by atoms with Crippen LogP contribution in [0.2, 0.25) is 0 Å². The first kappa shape index (κ1) is 15.4. The molecule has 0 spiro atoms. The molecule has 0 aromatic heterocycles. The highest BCUT2D eigenvalue weighted by atomic mass is 32.2. The Morgan fingerprint density at radius 1 is 1.32 bits per heavy atom. The van der Waals surface area contributed by atoms with Crippen molar-refractivity contribution in [3.05, 3.63) is 28.7 Å².